The molecular weight excluding hydrogens is 405 g/mol. The van der Waals surface area contributed by atoms with E-state index in [9.17, 15) is 22.8 Å². The van der Waals surface area contributed by atoms with Gasteiger partial charge in [-0.05, 0) is 36.4 Å². The number of nitrogens with one attached hydrogen (secondary N) is 1. The Bertz CT molecular complexity index is 1050. The number of anilines is 1. The van der Waals surface area contributed by atoms with Gasteiger partial charge >= 0.3 is 5.97 Å². The second-order valence-electron chi connectivity index (χ2n) is 5.62. The molecule has 0 fully saturated rings. The van der Waals surface area contributed by atoms with Crippen LogP contribution in [0.25, 0.3) is 0 Å². The second-order valence-corrected chi connectivity index (χ2v) is 6.68. The highest BCUT2D eigenvalue weighted by Gasteiger charge is 2.18. The van der Waals surface area contributed by atoms with Crippen LogP contribution in [-0.2, 0) is 9.53 Å². The summed E-state index contributed by atoms with van der Waals surface area (Å²) in [6.45, 7) is -0.748. The number of nitrogens with zero attached hydrogens (tertiary/aromatic N) is 1. The molecule has 0 aliphatic heterocycles. The van der Waals surface area contributed by atoms with Crippen molar-refractivity contribution in [2.45, 2.75) is 9.92 Å². The van der Waals surface area contributed by atoms with E-state index in [1.165, 1.54) is 24.0 Å². The number of aromatic nitrogens is 1. The lowest BCUT2D eigenvalue weighted by atomic mass is 10.2. The predicted molar refractivity (Wildman–Crippen MR) is 100 cm³/mol. The summed E-state index contributed by atoms with van der Waals surface area (Å²) in [4.78, 5) is 29.2. The number of benzene rings is 2. The first-order chi connectivity index (χ1) is 14.0. The van der Waals surface area contributed by atoms with E-state index in [-0.39, 0.29) is 5.56 Å². The molecule has 0 atom stereocenters. The molecule has 29 heavy (non-hydrogen) atoms. The summed E-state index contributed by atoms with van der Waals surface area (Å²) in [5.41, 5.74) is -0.417. The summed E-state index contributed by atoms with van der Waals surface area (Å²) in [6.07, 6.45) is 1.51. The molecule has 1 amide bonds. The fourth-order valence-corrected chi connectivity index (χ4v) is 3.14. The van der Waals surface area contributed by atoms with E-state index >= 15 is 0 Å². The molecule has 9 heteroatoms. The highest BCUT2D eigenvalue weighted by atomic mass is 32.2. The highest BCUT2D eigenvalue weighted by molar-refractivity contribution is 7.99. The lowest BCUT2D eigenvalue weighted by Crippen LogP contribution is -2.22. The maximum absolute atomic E-state index is 13.6. The summed E-state index contributed by atoms with van der Waals surface area (Å²) in [5.74, 6) is -6.36. The number of carbonyl (C=O) groups excluding carboxylic acids is 2. The van der Waals surface area contributed by atoms with Crippen molar-refractivity contribution in [3.63, 3.8) is 0 Å². The number of ether oxygens (including phenoxy) is 1. The van der Waals surface area contributed by atoms with Crippen LogP contribution in [0.1, 0.15) is 10.4 Å². The van der Waals surface area contributed by atoms with Crippen LogP contribution in [0.3, 0.4) is 0 Å². The molecule has 0 saturated heterocycles. The molecular formula is C20H13F3N2O3S. The number of hydrogen-bond acceptors (Lipinski definition) is 5. The molecule has 0 bridgehead atoms. The van der Waals surface area contributed by atoms with Crippen molar-refractivity contribution in [3.8, 4) is 0 Å². The van der Waals surface area contributed by atoms with Crippen LogP contribution in [-0.4, -0.2) is 23.5 Å². The molecule has 0 radical (unpaired) electrons. The fourth-order valence-electron chi connectivity index (χ4n) is 2.25. The Morgan fingerprint density at radius 2 is 1.72 bits per heavy atom. The van der Waals surface area contributed by atoms with Crippen LogP contribution >= 0.6 is 11.8 Å². The van der Waals surface area contributed by atoms with E-state index in [1.54, 1.807) is 6.07 Å². The van der Waals surface area contributed by atoms with Crippen LogP contribution in [0.5, 0.6) is 0 Å². The number of carbonyl (C=O) groups is 2. The Morgan fingerprint density at radius 3 is 2.48 bits per heavy atom. The lowest BCUT2D eigenvalue weighted by Gasteiger charge is -2.10. The van der Waals surface area contributed by atoms with Crippen LogP contribution in [0, 0.1) is 17.5 Å². The van der Waals surface area contributed by atoms with E-state index in [2.05, 4.69) is 4.98 Å². The van der Waals surface area contributed by atoms with E-state index in [1.807, 2.05) is 35.6 Å². The van der Waals surface area contributed by atoms with Gasteiger partial charge in [-0.1, -0.05) is 30.0 Å². The number of amides is 1. The third-order valence-electron chi connectivity index (χ3n) is 3.59. The lowest BCUT2D eigenvalue weighted by molar-refractivity contribution is -0.119. The zero-order valence-corrected chi connectivity index (χ0v) is 15.5. The van der Waals surface area contributed by atoms with Gasteiger partial charge in [0.05, 0.1) is 11.3 Å². The van der Waals surface area contributed by atoms with Crippen molar-refractivity contribution >= 4 is 29.3 Å². The molecule has 3 aromatic rings. The average molecular weight is 418 g/mol. The van der Waals surface area contributed by atoms with Crippen molar-refractivity contribution in [2.75, 3.05) is 11.9 Å². The van der Waals surface area contributed by atoms with Gasteiger partial charge < -0.3 is 10.1 Å². The number of halogens is 3. The summed E-state index contributed by atoms with van der Waals surface area (Å²) in [6, 6.07) is 13.8. The molecule has 0 saturated carbocycles. The molecule has 1 aromatic heterocycles. The first kappa shape index (κ1) is 20.4. The van der Waals surface area contributed by atoms with Crippen molar-refractivity contribution in [2.24, 2.45) is 0 Å². The van der Waals surface area contributed by atoms with Crippen LogP contribution in [0.2, 0.25) is 0 Å². The minimum atomic E-state index is -1.71. The van der Waals surface area contributed by atoms with Crippen LogP contribution < -0.4 is 5.32 Å². The Morgan fingerprint density at radius 1 is 0.966 bits per heavy atom. The first-order valence-electron chi connectivity index (χ1n) is 8.24. The van der Waals surface area contributed by atoms with Gasteiger partial charge in [-0.2, -0.15) is 0 Å². The fraction of sp³-hybridized carbons (Fsp3) is 0.0500. The normalized spacial score (nSPS) is 10.4. The highest BCUT2D eigenvalue weighted by Crippen LogP contribution is 2.28. The van der Waals surface area contributed by atoms with Gasteiger partial charge in [0.1, 0.15) is 5.03 Å². The molecule has 0 unspecified atom stereocenters. The monoisotopic (exact) mass is 418 g/mol. The average Bonchev–Trinajstić information content (AvgIpc) is 2.73. The SMILES string of the molecule is O=C(COC(=O)c1cccnc1Sc1ccccc1)Nc1ccc(F)c(F)c1F. The number of hydrogen-bond donors (Lipinski definition) is 1. The van der Waals surface area contributed by atoms with E-state index in [4.69, 9.17) is 4.74 Å². The molecule has 0 aliphatic carbocycles. The van der Waals surface area contributed by atoms with Gasteiger partial charge in [-0.15, -0.1) is 0 Å². The third-order valence-corrected chi connectivity index (χ3v) is 4.62. The summed E-state index contributed by atoms with van der Waals surface area (Å²) >= 11 is 1.25. The number of rotatable bonds is 6. The first-order valence-corrected chi connectivity index (χ1v) is 9.05. The maximum atomic E-state index is 13.6. The molecule has 3 rings (SSSR count). The topological polar surface area (TPSA) is 68.3 Å². The van der Waals surface area contributed by atoms with Gasteiger partial charge in [0.15, 0.2) is 24.1 Å². The second kappa shape index (κ2) is 9.24. The molecule has 5 nitrogen and oxygen atoms in total. The Labute approximate surface area is 167 Å². The minimum Gasteiger partial charge on any atom is -0.452 e. The van der Waals surface area contributed by atoms with Crippen LogP contribution in [0.15, 0.2) is 70.7 Å². The van der Waals surface area contributed by atoms with Crippen LogP contribution in [0.4, 0.5) is 18.9 Å². The molecule has 1 heterocycles. The van der Waals surface area contributed by atoms with E-state index in [0.29, 0.717) is 11.1 Å². The summed E-state index contributed by atoms with van der Waals surface area (Å²) in [7, 11) is 0. The smallest absolute Gasteiger partial charge is 0.341 e. The Hall–Kier alpha value is -3.33. The van der Waals surface area contributed by atoms with E-state index < -0.39 is 41.6 Å². The van der Waals surface area contributed by atoms with Crippen molar-refractivity contribution in [1.29, 1.82) is 0 Å². The number of esters is 1. The van der Waals surface area contributed by atoms with E-state index in [0.717, 1.165) is 11.0 Å². The van der Waals surface area contributed by atoms with Crippen molar-refractivity contribution in [1.82, 2.24) is 4.98 Å². The molecule has 148 valence electrons. The van der Waals surface area contributed by atoms with Gasteiger partial charge in [0.25, 0.3) is 5.91 Å². The Kier molecular flexibility index (Phi) is 6.50. The molecule has 0 spiro atoms. The van der Waals surface area contributed by atoms with Gasteiger partial charge in [0, 0.05) is 11.1 Å². The largest absolute Gasteiger partial charge is 0.452 e. The quantitative estimate of drug-likeness (QED) is 0.473. The minimum absolute atomic E-state index is 0.146. The Balaban J connectivity index is 1.64. The van der Waals surface area contributed by atoms with Gasteiger partial charge in [-0.3, -0.25) is 4.79 Å². The summed E-state index contributed by atoms with van der Waals surface area (Å²) in [5, 5.41) is 2.41. The van der Waals surface area contributed by atoms with Gasteiger partial charge in [0.2, 0.25) is 0 Å². The van der Waals surface area contributed by atoms with Gasteiger partial charge in [-0.25, -0.2) is 22.9 Å². The molecule has 2 aromatic carbocycles. The molecule has 0 aliphatic rings. The zero-order valence-electron chi connectivity index (χ0n) is 14.7. The molecule has 1 N–H and O–H groups in total. The third kappa shape index (κ3) is 5.14. The number of pyridine rings is 1. The van der Waals surface area contributed by atoms with Crippen molar-refractivity contribution in [3.05, 3.63) is 83.8 Å². The summed E-state index contributed by atoms with van der Waals surface area (Å²) < 4.78 is 44.7. The van der Waals surface area contributed by atoms with Crippen molar-refractivity contribution < 1.29 is 27.5 Å². The predicted octanol–water partition coefficient (Wildman–Crippen LogP) is 4.45. The zero-order chi connectivity index (χ0) is 20.8. The maximum Gasteiger partial charge on any atom is 0.341 e. The standard InChI is InChI=1S/C20H13F3N2O3S/c21-14-8-9-15(18(23)17(14)22)25-16(26)11-28-20(27)13-7-4-10-24-19(13)29-12-5-2-1-3-6-12/h1-10H,11H2,(H,25,26).